The largest absolute Gasteiger partial charge is 0.508 e. The fraction of sp³-hybridized carbons (Fsp3) is 0.647. The van der Waals surface area contributed by atoms with Gasteiger partial charge in [-0.05, 0) is 62.6 Å². The van der Waals surface area contributed by atoms with E-state index in [4.69, 9.17) is 4.74 Å². The highest BCUT2D eigenvalue weighted by molar-refractivity contribution is 5.35. The van der Waals surface area contributed by atoms with Crippen molar-refractivity contribution in [1.82, 2.24) is 5.32 Å². The topological polar surface area (TPSA) is 41.5 Å². The molecule has 1 aromatic rings. The summed E-state index contributed by atoms with van der Waals surface area (Å²) in [6, 6.07) is 8.34. The van der Waals surface area contributed by atoms with Crippen LogP contribution in [0.4, 0.5) is 0 Å². The highest BCUT2D eigenvalue weighted by Gasteiger charge is 2.25. The lowest BCUT2D eigenvalue weighted by atomic mass is 9.82. The summed E-state index contributed by atoms with van der Waals surface area (Å²) in [4.78, 5) is 0. The Labute approximate surface area is 121 Å². The summed E-state index contributed by atoms with van der Waals surface area (Å²) >= 11 is 0. The third-order valence-electron chi connectivity index (χ3n) is 4.75. The van der Waals surface area contributed by atoms with Crippen LogP contribution in [-0.4, -0.2) is 30.4 Å². The summed E-state index contributed by atoms with van der Waals surface area (Å²) in [5.74, 6) is 0.952. The Hall–Kier alpha value is -1.06. The van der Waals surface area contributed by atoms with Crippen molar-refractivity contribution in [2.75, 3.05) is 13.2 Å². The second-order valence-electron chi connectivity index (χ2n) is 6.16. The molecule has 1 heterocycles. The lowest BCUT2D eigenvalue weighted by Crippen LogP contribution is -2.30. The number of ether oxygens (including phenoxy) is 1. The van der Waals surface area contributed by atoms with Gasteiger partial charge in [-0.15, -0.1) is 0 Å². The van der Waals surface area contributed by atoms with E-state index in [1.807, 2.05) is 12.1 Å². The molecule has 2 N–H and O–H groups in total. The number of rotatable bonds is 4. The Bertz CT molecular complexity index is 421. The van der Waals surface area contributed by atoms with Crippen LogP contribution in [0.15, 0.2) is 24.3 Å². The molecule has 2 aliphatic rings. The zero-order valence-corrected chi connectivity index (χ0v) is 12.1. The van der Waals surface area contributed by atoms with E-state index < -0.39 is 0 Å². The number of aromatic hydroxyl groups is 1. The minimum Gasteiger partial charge on any atom is -0.508 e. The minimum atomic E-state index is 0.416. The molecule has 0 amide bonds. The highest BCUT2D eigenvalue weighted by atomic mass is 16.5. The average molecular weight is 275 g/mol. The lowest BCUT2D eigenvalue weighted by molar-refractivity contribution is 0.0148. The first-order chi connectivity index (χ1) is 9.83. The van der Waals surface area contributed by atoms with Crippen LogP contribution in [0.25, 0.3) is 0 Å². The van der Waals surface area contributed by atoms with Crippen LogP contribution in [0.2, 0.25) is 0 Å². The molecule has 3 nitrogen and oxygen atoms in total. The number of para-hydroxylation sites is 1. The minimum absolute atomic E-state index is 0.416. The molecular formula is C17H25NO2. The Morgan fingerprint density at radius 1 is 1.10 bits per heavy atom. The van der Waals surface area contributed by atoms with Gasteiger partial charge in [-0.3, -0.25) is 0 Å². The molecule has 1 aliphatic carbocycles. The van der Waals surface area contributed by atoms with Gasteiger partial charge < -0.3 is 15.2 Å². The third kappa shape index (κ3) is 3.33. The van der Waals surface area contributed by atoms with E-state index >= 15 is 0 Å². The number of benzene rings is 1. The van der Waals surface area contributed by atoms with Crippen LogP contribution in [0.3, 0.4) is 0 Å². The van der Waals surface area contributed by atoms with Crippen molar-refractivity contribution in [3.8, 4) is 5.75 Å². The van der Waals surface area contributed by atoms with Gasteiger partial charge in [0.1, 0.15) is 5.75 Å². The van der Waals surface area contributed by atoms with Crippen LogP contribution in [-0.2, 0) is 4.74 Å². The summed E-state index contributed by atoms with van der Waals surface area (Å²) in [5, 5.41) is 13.4. The summed E-state index contributed by atoms with van der Waals surface area (Å²) in [6.45, 7) is 2.01. The van der Waals surface area contributed by atoms with Gasteiger partial charge in [0.05, 0.1) is 12.7 Å². The maximum atomic E-state index is 9.94. The van der Waals surface area contributed by atoms with E-state index in [0.717, 1.165) is 44.4 Å². The van der Waals surface area contributed by atoms with Crippen LogP contribution in [0.5, 0.6) is 5.75 Å². The van der Waals surface area contributed by atoms with Crippen molar-refractivity contribution in [1.29, 1.82) is 0 Å². The molecule has 0 spiro atoms. The fourth-order valence-corrected chi connectivity index (χ4v) is 3.52. The quantitative estimate of drug-likeness (QED) is 0.886. The molecule has 1 unspecified atom stereocenters. The fourth-order valence-electron chi connectivity index (χ4n) is 3.52. The molecule has 20 heavy (non-hydrogen) atoms. The van der Waals surface area contributed by atoms with Gasteiger partial charge in [-0.2, -0.15) is 0 Å². The van der Waals surface area contributed by atoms with E-state index in [1.165, 1.54) is 12.8 Å². The molecule has 0 bridgehead atoms. The molecular weight excluding hydrogens is 250 g/mol. The van der Waals surface area contributed by atoms with Gasteiger partial charge >= 0.3 is 0 Å². The maximum Gasteiger partial charge on any atom is 0.119 e. The van der Waals surface area contributed by atoms with Gasteiger partial charge in [-0.25, -0.2) is 0 Å². The number of hydrogen-bond donors (Lipinski definition) is 2. The van der Waals surface area contributed by atoms with Gasteiger partial charge in [0.15, 0.2) is 0 Å². The smallest absolute Gasteiger partial charge is 0.119 e. The molecule has 1 atom stereocenters. The van der Waals surface area contributed by atoms with E-state index in [0.29, 0.717) is 23.8 Å². The SMILES string of the molecule is Oc1ccccc1[C@H]1CC[C@@H](OCC2CCCN2)CC1. The van der Waals surface area contributed by atoms with Crippen molar-refractivity contribution in [2.24, 2.45) is 0 Å². The van der Waals surface area contributed by atoms with Crippen LogP contribution < -0.4 is 5.32 Å². The molecule has 3 heteroatoms. The third-order valence-corrected chi connectivity index (χ3v) is 4.75. The van der Waals surface area contributed by atoms with Crippen LogP contribution >= 0.6 is 0 Å². The summed E-state index contributed by atoms with van der Waals surface area (Å²) in [6.07, 6.45) is 7.44. The number of phenols is 1. The summed E-state index contributed by atoms with van der Waals surface area (Å²) in [5.41, 5.74) is 1.11. The van der Waals surface area contributed by atoms with E-state index in [1.54, 1.807) is 6.07 Å². The van der Waals surface area contributed by atoms with Crippen LogP contribution in [0, 0.1) is 0 Å². The zero-order valence-electron chi connectivity index (χ0n) is 12.1. The second-order valence-corrected chi connectivity index (χ2v) is 6.16. The number of hydrogen-bond acceptors (Lipinski definition) is 3. The monoisotopic (exact) mass is 275 g/mol. The summed E-state index contributed by atoms with van der Waals surface area (Å²) in [7, 11) is 0. The standard InChI is InChI=1S/C17H25NO2/c19-17-6-2-1-5-16(17)13-7-9-15(10-8-13)20-12-14-4-3-11-18-14/h1-2,5-6,13-15,18-19H,3-4,7-12H2/t13-,14?,15+. The maximum absolute atomic E-state index is 9.94. The normalized spacial score (nSPS) is 30.5. The van der Waals surface area contributed by atoms with Crippen LogP contribution in [0.1, 0.15) is 50.0 Å². The van der Waals surface area contributed by atoms with Gasteiger partial charge in [0.25, 0.3) is 0 Å². The molecule has 1 aromatic carbocycles. The first-order valence-corrected chi connectivity index (χ1v) is 7.96. The van der Waals surface area contributed by atoms with Gasteiger partial charge in [0.2, 0.25) is 0 Å². The van der Waals surface area contributed by atoms with Crippen molar-refractivity contribution in [3.05, 3.63) is 29.8 Å². The first-order valence-electron chi connectivity index (χ1n) is 7.96. The Balaban J connectivity index is 1.46. The van der Waals surface area contributed by atoms with E-state index in [9.17, 15) is 5.11 Å². The molecule has 0 aromatic heterocycles. The van der Waals surface area contributed by atoms with E-state index in [-0.39, 0.29) is 0 Å². The van der Waals surface area contributed by atoms with Crippen molar-refractivity contribution >= 4 is 0 Å². The first kappa shape index (κ1) is 13.9. The number of phenolic OH excluding ortho intramolecular Hbond substituents is 1. The predicted octanol–water partition coefficient (Wildman–Crippen LogP) is 3.19. The molecule has 1 saturated heterocycles. The molecule has 1 saturated carbocycles. The zero-order chi connectivity index (χ0) is 13.8. The lowest BCUT2D eigenvalue weighted by Gasteiger charge is -2.30. The Kier molecular flexibility index (Phi) is 4.58. The molecule has 0 radical (unpaired) electrons. The summed E-state index contributed by atoms with van der Waals surface area (Å²) < 4.78 is 6.06. The van der Waals surface area contributed by atoms with Crippen molar-refractivity contribution in [2.45, 2.75) is 56.6 Å². The molecule has 1 aliphatic heterocycles. The highest BCUT2D eigenvalue weighted by Crippen LogP contribution is 2.37. The average Bonchev–Trinajstić information content (AvgIpc) is 3.00. The second kappa shape index (κ2) is 6.59. The van der Waals surface area contributed by atoms with Crippen molar-refractivity contribution in [3.63, 3.8) is 0 Å². The predicted molar refractivity (Wildman–Crippen MR) is 80.1 cm³/mol. The Morgan fingerprint density at radius 2 is 1.90 bits per heavy atom. The molecule has 2 fully saturated rings. The van der Waals surface area contributed by atoms with E-state index in [2.05, 4.69) is 11.4 Å². The Morgan fingerprint density at radius 3 is 2.60 bits per heavy atom. The van der Waals surface area contributed by atoms with Gasteiger partial charge in [-0.1, -0.05) is 18.2 Å². The molecule has 110 valence electrons. The number of nitrogens with one attached hydrogen (secondary N) is 1. The van der Waals surface area contributed by atoms with Gasteiger partial charge in [0, 0.05) is 6.04 Å². The molecule has 3 rings (SSSR count). The van der Waals surface area contributed by atoms with Crippen molar-refractivity contribution < 1.29 is 9.84 Å².